The van der Waals surface area contributed by atoms with Gasteiger partial charge in [-0.15, -0.1) is 0 Å². The fourth-order valence-corrected chi connectivity index (χ4v) is 4.76. The van der Waals surface area contributed by atoms with Crippen LogP contribution < -0.4 is 15.4 Å². The summed E-state index contributed by atoms with van der Waals surface area (Å²) in [5, 5.41) is 11.1. The molecular formula is C31H33N7O3. The van der Waals surface area contributed by atoms with Crippen LogP contribution in [0.4, 0.5) is 0 Å². The molecule has 2 amide bonds. The van der Waals surface area contributed by atoms with Crippen LogP contribution in [0, 0.1) is 0 Å². The number of hydrogen-bond donors (Lipinski definition) is 3. The molecule has 210 valence electrons. The lowest BCUT2D eigenvalue weighted by Gasteiger charge is -2.17. The fourth-order valence-electron chi connectivity index (χ4n) is 4.76. The van der Waals surface area contributed by atoms with Gasteiger partial charge < -0.3 is 20.4 Å². The highest BCUT2D eigenvalue weighted by molar-refractivity contribution is 5.95. The number of unbranched alkanes of at least 4 members (excludes halogenated alkanes) is 2. The lowest BCUT2D eigenvalue weighted by molar-refractivity contribution is -0.120. The molecule has 3 aromatic heterocycles. The van der Waals surface area contributed by atoms with E-state index in [4.69, 9.17) is 4.74 Å². The zero-order valence-corrected chi connectivity index (χ0v) is 23.1. The van der Waals surface area contributed by atoms with Crippen molar-refractivity contribution in [2.75, 3.05) is 14.2 Å². The highest BCUT2D eigenvalue weighted by atomic mass is 16.5. The Bertz CT molecular complexity index is 1630. The maximum Gasteiger partial charge on any atom is 0.251 e. The summed E-state index contributed by atoms with van der Waals surface area (Å²) in [4.78, 5) is 37.8. The Morgan fingerprint density at radius 3 is 2.73 bits per heavy atom. The summed E-state index contributed by atoms with van der Waals surface area (Å²) >= 11 is 0. The van der Waals surface area contributed by atoms with Crippen molar-refractivity contribution in [1.29, 1.82) is 0 Å². The number of carbonyl (C=O) groups excluding carboxylic acids is 2. The average molecular weight is 552 g/mol. The molecule has 5 aromatic rings. The molecule has 41 heavy (non-hydrogen) atoms. The minimum Gasteiger partial charge on any atom is -0.480 e. The first kappa shape index (κ1) is 27.6. The summed E-state index contributed by atoms with van der Waals surface area (Å²) in [6.07, 6.45) is 8.84. The Hall–Kier alpha value is -4.99. The van der Waals surface area contributed by atoms with E-state index in [1.807, 2.05) is 60.8 Å². The number of imidazole rings is 1. The highest BCUT2D eigenvalue weighted by Gasteiger charge is 2.21. The minimum atomic E-state index is -0.371. The van der Waals surface area contributed by atoms with Crippen molar-refractivity contribution in [2.24, 2.45) is 0 Å². The third-order valence-electron chi connectivity index (χ3n) is 6.96. The lowest BCUT2D eigenvalue weighted by atomic mass is 10.1. The van der Waals surface area contributed by atoms with E-state index in [0.29, 0.717) is 30.1 Å². The van der Waals surface area contributed by atoms with E-state index < -0.39 is 0 Å². The SMILES string of the molecule is CNC(=O)CCCCC[C@H](NC(=O)c1cccc(-n2cccn2)c1)c1ncc(-c2cc3ccccc3nc2OC)[nH]1. The molecule has 1 atom stereocenters. The summed E-state index contributed by atoms with van der Waals surface area (Å²) in [6, 6.07) is 18.7. The van der Waals surface area contributed by atoms with Crippen LogP contribution in [0.15, 0.2) is 79.3 Å². The molecule has 0 saturated carbocycles. The molecule has 3 heterocycles. The Morgan fingerprint density at radius 2 is 1.93 bits per heavy atom. The van der Waals surface area contributed by atoms with Crippen molar-refractivity contribution in [3.63, 3.8) is 0 Å². The Balaban J connectivity index is 1.38. The van der Waals surface area contributed by atoms with Crippen LogP contribution in [0.25, 0.3) is 27.8 Å². The lowest BCUT2D eigenvalue weighted by Crippen LogP contribution is -2.29. The molecule has 0 aliphatic rings. The van der Waals surface area contributed by atoms with Crippen LogP contribution in [0.1, 0.15) is 54.3 Å². The van der Waals surface area contributed by atoms with Gasteiger partial charge in [-0.1, -0.05) is 37.1 Å². The van der Waals surface area contributed by atoms with Crippen molar-refractivity contribution in [3.8, 4) is 22.8 Å². The van der Waals surface area contributed by atoms with Gasteiger partial charge in [-0.3, -0.25) is 9.59 Å². The van der Waals surface area contributed by atoms with E-state index in [-0.39, 0.29) is 17.9 Å². The molecule has 0 bridgehead atoms. The first-order chi connectivity index (χ1) is 20.1. The Kier molecular flexibility index (Phi) is 8.68. The molecule has 10 nitrogen and oxygen atoms in total. The summed E-state index contributed by atoms with van der Waals surface area (Å²) in [7, 11) is 3.24. The second kappa shape index (κ2) is 12.9. The van der Waals surface area contributed by atoms with Gasteiger partial charge in [0.2, 0.25) is 11.8 Å². The normalized spacial score (nSPS) is 11.8. The van der Waals surface area contributed by atoms with Crippen molar-refractivity contribution >= 4 is 22.7 Å². The first-order valence-electron chi connectivity index (χ1n) is 13.7. The number of fused-ring (bicyclic) bond motifs is 1. The van der Waals surface area contributed by atoms with Crippen LogP contribution in [0.5, 0.6) is 5.88 Å². The summed E-state index contributed by atoms with van der Waals surface area (Å²) in [5.74, 6) is 0.944. The quantitative estimate of drug-likeness (QED) is 0.188. The predicted octanol–water partition coefficient (Wildman–Crippen LogP) is 4.99. The number of ether oxygens (including phenoxy) is 1. The number of aromatic amines is 1. The maximum atomic E-state index is 13.4. The number of para-hydroxylation sites is 1. The number of amides is 2. The monoisotopic (exact) mass is 551 g/mol. The van der Waals surface area contributed by atoms with Gasteiger partial charge in [0.05, 0.1) is 41.8 Å². The first-order valence-corrected chi connectivity index (χ1v) is 13.7. The number of aromatic nitrogens is 5. The van der Waals surface area contributed by atoms with Gasteiger partial charge in [-0.25, -0.2) is 14.6 Å². The van der Waals surface area contributed by atoms with Gasteiger partial charge in [0.25, 0.3) is 5.91 Å². The van der Waals surface area contributed by atoms with Crippen molar-refractivity contribution in [1.82, 2.24) is 35.4 Å². The van der Waals surface area contributed by atoms with E-state index in [2.05, 4.69) is 30.7 Å². The number of H-pyrrole nitrogens is 1. The van der Waals surface area contributed by atoms with Gasteiger partial charge in [0, 0.05) is 36.8 Å². The van der Waals surface area contributed by atoms with E-state index in [9.17, 15) is 9.59 Å². The van der Waals surface area contributed by atoms with Crippen LogP contribution in [0.3, 0.4) is 0 Å². The molecule has 0 fully saturated rings. The van der Waals surface area contributed by atoms with E-state index in [1.165, 1.54) is 0 Å². The predicted molar refractivity (Wildman–Crippen MR) is 157 cm³/mol. The summed E-state index contributed by atoms with van der Waals surface area (Å²) in [5.41, 5.74) is 3.69. The smallest absolute Gasteiger partial charge is 0.251 e. The molecule has 0 aliphatic heterocycles. The number of nitrogens with zero attached hydrogens (tertiary/aromatic N) is 4. The van der Waals surface area contributed by atoms with Crippen LogP contribution in [-0.4, -0.2) is 50.7 Å². The number of benzene rings is 2. The van der Waals surface area contributed by atoms with Gasteiger partial charge >= 0.3 is 0 Å². The van der Waals surface area contributed by atoms with Crippen molar-refractivity contribution in [2.45, 2.75) is 38.1 Å². The van der Waals surface area contributed by atoms with E-state index >= 15 is 0 Å². The van der Waals surface area contributed by atoms with Crippen molar-refractivity contribution in [3.05, 3.63) is 90.6 Å². The number of methoxy groups -OCH3 is 1. The molecule has 0 unspecified atom stereocenters. The number of carbonyl (C=O) groups is 2. The minimum absolute atomic E-state index is 0.0283. The molecule has 0 spiro atoms. The number of nitrogens with one attached hydrogen (secondary N) is 3. The van der Waals surface area contributed by atoms with Crippen LogP contribution in [0.2, 0.25) is 0 Å². The highest BCUT2D eigenvalue weighted by Crippen LogP contribution is 2.31. The summed E-state index contributed by atoms with van der Waals surface area (Å²) in [6.45, 7) is 0. The molecule has 0 radical (unpaired) electrons. The molecular weight excluding hydrogens is 518 g/mol. The van der Waals surface area contributed by atoms with Crippen LogP contribution >= 0.6 is 0 Å². The number of pyridine rings is 1. The Morgan fingerprint density at radius 1 is 1.05 bits per heavy atom. The molecule has 2 aromatic carbocycles. The second-order valence-corrected chi connectivity index (χ2v) is 9.72. The molecule has 5 rings (SSSR count). The van der Waals surface area contributed by atoms with E-state index in [1.54, 1.807) is 37.3 Å². The number of hydrogen-bond acceptors (Lipinski definition) is 6. The van der Waals surface area contributed by atoms with Gasteiger partial charge in [0.15, 0.2) is 0 Å². The fraction of sp³-hybridized carbons (Fsp3) is 0.258. The van der Waals surface area contributed by atoms with E-state index in [0.717, 1.165) is 47.1 Å². The zero-order valence-electron chi connectivity index (χ0n) is 23.1. The van der Waals surface area contributed by atoms with Crippen molar-refractivity contribution < 1.29 is 14.3 Å². The molecule has 0 saturated heterocycles. The second-order valence-electron chi connectivity index (χ2n) is 9.72. The Labute approximate surface area is 238 Å². The molecule has 3 N–H and O–H groups in total. The third kappa shape index (κ3) is 6.60. The zero-order chi connectivity index (χ0) is 28.6. The maximum absolute atomic E-state index is 13.4. The number of rotatable bonds is 12. The largest absolute Gasteiger partial charge is 0.480 e. The summed E-state index contributed by atoms with van der Waals surface area (Å²) < 4.78 is 7.31. The van der Waals surface area contributed by atoms with Gasteiger partial charge in [0.1, 0.15) is 5.82 Å². The topological polar surface area (TPSA) is 127 Å². The molecule has 10 heteroatoms. The average Bonchev–Trinajstić information content (AvgIpc) is 3.73. The van der Waals surface area contributed by atoms with Gasteiger partial charge in [-0.05, 0) is 49.2 Å². The van der Waals surface area contributed by atoms with Crippen LogP contribution in [-0.2, 0) is 4.79 Å². The standard InChI is InChI=1S/C31H33N7O3/c1-32-28(39)15-5-3-4-14-26(36-30(40)22-11-8-12-23(18-22)38-17-9-16-34-38)29-33-20-27(35-29)24-19-21-10-6-7-13-25(21)37-31(24)41-2/h6-13,16-20,26H,3-5,14-15H2,1-2H3,(H,32,39)(H,33,35)(H,36,40)/t26-/m0/s1. The van der Waals surface area contributed by atoms with Gasteiger partial charge in [-0.2, -0.15) is 5.10 Å². The third-order valence-corrected chi connectivity index (χ3v) is 6.96. The molecule has 0 aliphatic carbocycles.